The number of aliphatic carboxylic acids is 1. The van der Waals surface area contributed by atoms with Crippen LogP contribution in [-0.4, -0.2) is 62.3 Å². The molecule has 0 aromatic heterocycles. The Morgan fingerprint density at radius 2 is 1.93 bits per heavy atom. The third kappa shape index (κ3) is 5.28. The topological polar surface area (TPSA) is 91.3 Å². The van der Waals surface area contributed by atoms with Crippen LogP contribution in [0.3, 0.4) is 0 Å². The molecule has 1 heterocycles. The van der Waals surface area contributed by atoms with Gasteiger partial charge in [-0.25, -0.2) is 9.59 Å². The fourth-order valence-corrected chi connectivity index (χ4v) is 3.28. The first-order valence-electron chi connectivity index (χ1n) is 8.95. The highest BCUT2D eigenvalue weighted by atomic mass is 16.6. The highest BCUT2D eigenvalue weighted by Gasteiger charge is 2.49. The minimum atomic E-state index is -1.07. The van der Waals surface area contributed by atoms with Gasteiger partial charge in [0, 0.05) is 32.5 Å². The normalized spacial score (nSPS) is 25.6. The molecule has 7 heteroatoms. The molecule has 4 atom stereocenters. The number of hydrogen-bond acceptors (Lipinski definition) is 6. The monoisotopic (exact) mass is 380 g/mol. The van der Waals surface area contributed by atoms with E-state index in [1.807, 2.05) is 19.9 Å². The van der Waals surface area contributed by atoms with E-state index < -0.39 is 35.7 Å². The number of carboxylic acid groups (broad SMARTS) is 1. The van der Waals surface area contributed by atoms with E-state index in [0.717, 1.165) is 0 Å². The Morgan fingerprint density at radius 1 is 1.26 bits per heavy atom. The number of methoxy groups -OCH3 is 2. The van der Waals surface area contributed by atoms with Crippen LogP contribution < -0.4 is 0 Å². The van der Waals surface area contributed by atoms with Crippen LogP contribution in [0.4, 0.5) is 0 Å². The van der Waals surface area contributed by atoms with Crippen LogP contribution in [0.15, 0.2) is 30.3 Å². The molecular formula is C20H28O7. The molecule has 1 N–H and O–H groups in total. The first-order chi connectivity index (χ1) is 12.8. The first-order valence-corrected chi connectivity index (χ1v) is 8.95. The summed E-state index contributed by atoms with van der Waals surface area (Å²) in [6.07, 6.45) is -1.85. The van der Waals surface area contributed by atoms with Gasteiger partial charge in [0.05, 0.1) is 24.4 Å². The maximum atomic E-state index is 12.5. The number of hydrogen-bond donors (Lipinski definition) is 1. The molecule has 0 radical (unpaired) electrons. The van der Waals surface area contributed by atoms with E-state index in [4.69, 9.17) is 18.9 Å². The smallest absolute Gasteiger partial charge is 0.338 e. The Balaban J connectivity index is 2.20. The number of ether oxygens (including phenoxy) is 4. The Hall–Kier alpha value is -1.96. The van der Waals surface area contributed by atoms with Crippen molar-refractivity contribution >= 4 is 11.9 Å². The molecule has 1 aliphatic heterocycles. The van der Waals surface area contributed by atoms with Crippen LogP contribution in [0.5, 0.6) is 0 Å². The van der Waals surface area contributed by atoms with E-state index in [9.17, 15) is 14.7 Å². The molecule has 1 fully saturated rings. The molecule has 0 amide bonds. The van der Waals surface area contributed by atoms with Gasteiger partial charge in [-0.15, -0.1) is 0 Å². The summed E-state index contributed by atoms with van der Waals surface area (Å²) in [5.41, 5.74) is -0.168. The van der Waals surface area contributed by atoms with Crippen molar-refractivity contribution in [3.8, 4) is 0 Å². The molecule has 1 aliphatic rings. The van der Waals surface area contributed by atoms with Crippen molar-refractivity contribution in [1.29, 1.82) is 0 Å². The number of benzene rings is 1. The molecule has 0 saturated carbocycles. The molecule has 1 aromatic rings. The maximum Gasteiger partial charge on any atom is 0.338 e. The van der Waals surface area contributed by atoms with Crippen LogP contribution in [0.25, 0.3) is 0 Å². The van der Waals surface area contributed by atoms with Gasteiger partial charge < -0.3 is 24.1 Å². The van der Waals surface area contributed by atoms with Crippen molar-refractivity contribution in [3.63, 3.8) is 0 Å². The van der Waals surface area contributed by atoms with Gasteiger partial charge in [-0.2, -0.15) is 0 Å². The number of carbonyl (C=O) groups is 2. The van der Waals surface area contributed by atoms with Crippen molar-refractivity contribution in [2.24, 2.45) is 5.41 Å². The Labute approximate surface area is 159 Å². The molecule has 1 aromatic carbocycles. The lowest BCUT2D eigenvalue weighted by atomic mass is 9.74. The molecule has 1 saturated heterocycles. The Bertz CT molecular complexity index is 628. The summed E-state index contributed by atoms with van der Waals surface area (Å²) in [5, 5.41) is 9.47. The van der Waals surface area contributed by atoms with Gasteiger partial charge in [-0.05, 0) is 12.1 Å². The summed E-state index contributed by atoms with van der Waals surface area (Å²) in [4.78, 5) is 24.1. The predicted octanol–water partition coefficient (Wildman–Crippen LogP) is 2.53. The highest BCUT2D eigenvalue weighted by molar-refractivity contribution is 5.89. The summed E-state index contributed by atoms with van der Waals surface area (Å²) in [5.74, 6) is -1.55. The number of carboxylic acids is 1. The van der Waals surface area contributed by atoms with Crippen LogP contribution >= 0.6 is 0 Å². The second kappa shape index (κ2) is 9.30. The summed E-state index contributed by atoms with van der Waals surface area (Å²) in [6, 6.07) is 8.65. The Morgan fingerprint density at radius 3 is 2.48 bits per heavy atom. The number of esters is 1. The van der Waals surface area contributed by atoms with E-state index in [-0.39, 0.29) is 12.5 Å². The standard InChI is InChI=1S/C20H28O7/c1-20(2)16(10-14(25-4)12-24-3)26-15(18(21)22)11-17(20)27-19(23)13-8-6-5-7-9-13/h5-9,14-17H,10-12H2,1-4H3,(H,21,22)/t14-,15-,16+,17+/m0/s1. The van der Waals surface area contributed by atoms with Crippen LogP contribution in [-0.2, 0) is 23.7 Å². The minimum Gasteiger partial charge on any atom is -0.479 e. The third-order valence-electron chi connectivity index (χ3n) is 5.11. The zero-order valence-corrected chi connectivity index (χ0v) is 16.2. The van der Waals surface area contributed by atoms with Gasteiger partial charge in [-0.3, -0.25) is 0 Å². The van der Waals surface area contributed by atoms with E-state index in [2.05, 4.69) is 0 Å². The summed E-state index contributed by atoms with van der Waals surface area (Å²) in [7, 11) is 3.14. The van der Waals surface area contributed by atoms with E-state index in [1.165, 1.54) is 0 Å². The zero-order valence-electron chi connectivity index (χ0n) is 16.2. The zero-order chi connectivity index (χ0) is 20.0. The van der Waals surface area contributed by atoms with Gasteiger partial charge >= 0.3 is 11.9 Å². The van der Waals surface area contributed by atoms with Gasteiger partial charge in [0.2, 0.25) is 0 Å². The summed E-state index contributed by atoms with van der Waals surface area (Å²) < 4.78 is 22.1. The van der Waals surface area contributed by atoms with Crippen molar-refractivity contribution < 1.29 is 33.6 Å². The fourth-order valence-electron chi connectivity index (χ4n) is 3.28. The van der Waals surface area contributed by atoms with Crippen LogP contribution in [0, 0.1) is 5.41 Å². The lowest BCUT2D eigenvalue weighted by Gasteiger charge is -2.46. The van der Waals surface area contributed by atoms with E-state index >= 15 is 0 Å². The predicted molar refractivity (Wildman–Crippen MR) is 97.6 cm³/mol. The molecule has 27 heavy (non-hydrogen) atoms. The quantitative estimate of drug-likeness (QED) is 0.693. The number of rotatable bonds is 8. The molecule has 2 rings (SSSR count). The van der Waals surface area contributed by atoms with Gasteiger partial charge in [0.25, 0.3) is 0 Å². The lowest BCUT2D eigenvalue weighted by Crippen LogP contribution is -2.55. The number of carbonyl (C=O) groups excluding carboxylic acids is 1. The molecular weight excluding hydrogens is 352 g/mol. The molecule has 0 aliphatic carbocycles. The van der Waals surface area contributed by atoms with Crippen LogP contribution in [0.2, 0.25) is 0 Å². The van der Waals surface area contributed by atoms with E-state index in [0.29, 0.717) is 18.6 Å². The van der Waals surface area contributed by atoms with E-state index in [1.54, 1.807) is 38.5 Å². The van der Waals surface area contributed by atoms with Gasteiger partial charge in [-0.1, -0.05) is 32.0 Å². The maximum absolute atomic E-state index is 12.5. The average Bonchev–Trinajstić information content (AvgIpc) is 2.64. The molecule has 0 spiro atoms. The Kier molecular flexibility index (Phi) is 7.35. The SMILES string of the molecule is COC[C@H](C[C@H]1O[C@H](C(=O)O)C[C@@H](OC(=O)c2ccccc2)C1(C)C)OC. The summed E-state index contributed by atoms with van der Waals surface area (Å²) in [6.45, 7) is 4.19. The first kappa shape index (κ1) is 21.3. The average molecular weight is 380 g/mol. The van der Waals surface area contributed by atoms with Crippen molar-refractivity contribution in [2.45, 2.75) is 51.1 Å². The minimum absolute atomic E-state index is 0.0966. The highest BCUT2D eigenvalue weighted by Crippen LogP contribution is 2.41. The fraction of sp³-hybridized carbons (Fsp3) is 0.600. The van der Waals surface area contributed by atoms with Gasteiger partial charge in [0.15, 0.2) is 6.10 Å². The molecule has 150 valence electrons. The second-order valence-electron chi connectivity index (χ2n) is 7.32. The van der Waals surface area contributed by atoms with Crippen LogP contribution in [0.1, 0.15) is 37.0 Å². The molecule has 7 nitrogen and oxygen atoms in total. The largest absolute Gasteiger partial charge is 0.479 e. The lowest BCUT2D eigenvalue weighted by molar-refractivity contribution is -0.201. The van der Waals surface area contributed by atoms with Crippen molar-refractivity contribution in [2.75, 3.05) is 20.8 Å². The molecule has 0 bridgehead atoms. The van der Waals surface area contributed by atoms with Crippen molar-refractivity contribution in [1.82, 2.24) is 0 Å². The molecule has 0 unspecified atom stereocenters. The second-order valence-corrected chi connectivity index (χ2v) is 7.32. The third-order valence-corrected chi connectivity index (χ3v) is 5.11. The van der Waals surface area contributed by atoms with Crippen molar-refractivity contribution in [3.05, 3.63) is 35.9 Å². The summed E-state index contributed by atoms with van der Waals surface area (Å²) >= 11 is 0. The van der Waals surface area contributed by atoms with Gasteiger partial charge in [0.1, 0.15) is 6.10 Å².